The highest BCUT2D eigenvalue weighted by Crippen LogP contribution is 2.27. The summed E-state index contributed by atoms with van der Waals surface area (Å²) in [6.07, 6.45) is 4.32. The first-order valence-corrected chi connectivity index (χ1v) is 9.83. The number of aliphatic hydroxyl groups excluding tert-OH is 1. The van der Waals surface area contributed by atoms with Gasteiger partial charge in [0.25, 0.3) is 0 Å². The predicted molar refractivity (Wildman–Crippen MR) is 108 cm³/mol. The fraction of sp³-hybridized carbons (Fsp3) is 0.478. The van der Waals surface area contributed by atoms with Crippen LogP contribution in [0.1, 0.15) is 62.7 Å². The normalized spacial score (nSPS) is 14.7. The Morgan fingerprint density at radius 3 is 2.23 bits per heavy atom. The Kier molecular flexibility index (Phi) is 8.82. The lowest BCUT2D eigenvalue weighted by molar-refractivity contribution is 0.00843. The van der Waals surface area contributed by atoms with E-state index in [-0.39, 0.29) is 0 Å². The summed E-state index contributed by atoms with van der Waals surface area (Å²) in [4.78, 5) is 0. The lowest BCUT2D eigenvalue weighted by Crippen LogP contribution is -2.33. The summed E-state index contributed by atoms with van der Waals surface area (Å²) in [7, 11) is 0. The van der Waals surface area contributed by atoms with Crippen molar-refractivity contribution in [1.29, 1.82) is 0 Å². The quantitative estimate of drug-likeness (QED) is 0.488. The summed E-state index contributed by atoms with van der Waals surface area (Å²) in [6.45, 7) is 3.74. The van der Waals surface area contributed by atoms with Crippen molar-refractivity contribution in [1.82, 2.24) is 5.32 Å². The van der Waals surface area contributed by atoms with Crippen LogP contribution in [0, 0.1) is 0 Å². The van der Waals surface area contributed by atoms with Gasteiger partial charge in [-0.1, -0.05) is 74.0 Å². The Bertz CT molecular complexity index is 602. The Balaban J connectivity index is 1.73. The van der Waals surface area contributed by atoms with E-state index in [0.29, 0.717) is 6.42 Å². The maximum Gasteiger partial charge on any atom is 0.0790 e. The van der Waals surface area contributed by atoms with Gasteiger partial charge in [0.2, 0.25) is 0 Å². The minimum atomic E-state index is -0.644. The van der Waals surface area contributed by atoms with Crippen LogP contribution in [0.3, 0.4) is 0 Å². The molecule has 0 aromatic heterocycles. The highest BCUT2D eigenvalue weighted by Gasteiger charge is 2.25. The molecule has 2 atom stereocenters. The minimum absolute atomic E-state index is 0.446. The van der Waals surface area contributed by atoms with Gasteiger partial charge in [-0.25, -0.2) is 0 Å². The minimum Gasteiger partial charge on any atom is -0.390 e. The summed E-state index contributed by atoms with van der Waals surface area (Å²) < 4.78 is 0. The summed E-state index contributed by atoms with van der Waals surface area (Å²) in [5.41, 5.74) is 1.57. The molecule has 2 aromatic rings. The maximum absolute atomic E-state index is 11.0. The van der Waals surface area contributed by atoms with Crippen molar-refractivity contribution in [2.75, 3.05) is 6.54 Å². The molecule has 0 heterocycles. The number of nitrogens with one attached hydrogen (secondary N) is 1. The first kappa shape index (κ1) is 20.6. The molecule has 0 aliphatic carbocycles. The van der Waals surface area contributed by atoms with Crippen LogP contribution in [0.25, 0.3) is 0 Å². The summed E-state index contributed by atoms with van der Waals surface area (Å²) in [6, 6.07) is 20.1. The zero-order valence-corrected chi connectivity index (χ0v) is 15.9. The zero-order chi connectivity index (χ0) is 18.7. The molecule has 0 saturated carbocycles. The van der Waals surface area contributed by atoms with Gasteiger partial charge in [-0.2, -0.15) is 0 Å². The van der Waals surface area contributed by atoms with E-state index in [0.717, 1.165) is 50.8 Å². The molecule has 0 aliphatic rings. The monoisotopic (exact) mass is 355 g/mol. The fourth-order valence-corrected chi connectivity index (χ4v) is 3.46. The first-order valence-electron chi connectivity index (χ1n) is 9.83. The highest BCUT2D eigenvalue weighted by atomic mass is 16.3. The van der Waals surface area contributed by atoms with Gasteiger partial charge >= 0.3 is 0 Å². The molecule has 0 aliphatic heterocycles. The third-order valence-corrected chi connectivity index (χ3v) is 4.96. The Labute approximate surface area is 158 Å². The molecule has 2 unspecified atom stereocenters. The third-order valence-electron chi connectivity index (χ3n) is 4.96. The van der Waals surface area contributed by atoms with Crippen LogP contribution in [-0.2, 0) is 6.54 Å². The molecule has 26 heavy (non-hydrogen) atoms. The van der Waals surface area contributed by atoms with Gasteiger partial charge < -0.3 is 15.5 Å². The zero-order valence-electron chi connectivity index (χ0n) is 15.9. The van der Waals surface area contributed by atoms with E-state index >= 15 is 0 Å². The number of aliphatic hydroxyl groups is 2. The van der Waals surface area contributed by atoms with Crippen molar-refractivity contribution in [3.8, 4) is 0 Å². The average molecular weight is 356 g/mol. The topological polar surface area (TPSA) is 52.5 Å². The van der Waals surface area contributed by atoms with Crippen LogP contribution in [0.2, 0.25) is 0 Å². The van der Waals surface area contributed by atoms with Crippen LogP contribution in [0.5, 0.6) is 0 Å². The van der Waals surface area contributed by atoms with Gasteiger partial charge in [-0.3, -0.25) is 0 Å². The van der Waals surface area contributed by atoms with E-state index < -0.39 is 11.7 Å². The second-order valence-corrected chi connectivity index (χ2v) is 7.21. The summed E-state index contributed by atoms with van der Waals surface area (Å²) >= 11 is 0. The van der Waals surface area contributed by atoms with Crippen LogP contribution in [-0.4, -0.2) is 22.4 Å². The van der Waals surface area contributed by atoms with Gasteiger partial charge in [-0.15, -0.1) is 0 Å². The SMILES string of the molecule is CCCC(O)(CCCC(O)c1ccccc1)CCNCc1ccccc1. The molecule has 2 rings (SSSR count). The van der Waals surface area contributed by atoms with Crippen LogP contribution >= 0.6 is 0 Å². The van der Waals surface area contributed by atoms with Crippen molar-refractivity contribution in [2.24, 2.45) is 0 Å². The number of rotatable bonds is 12. The lowest BCUT2D eigenvalue weighted by Gasteiger charge is -2.28. The average Bonchev–Trinajstić information content (AvgIpc) is 2.67. The molecule has 0 radical (unpaired) electrons. The first-order chi connectivity index (χ1) is 12.6. The number of benzene rings is 2. The summed E-state index contributed by atoms with van der Waals surface area (Å²) in [5.74, 6) is 0. The molecule has 3 heteroatoms. The molecule has 2 aromatic carbocycles. The van der Waals surface area contributed by atoms with Crippen LogP contribution < -0.4 is 5.32 Å². The van der Waals surface area contributed by atoms with E-state index in [4.69, 9.17) is 0 Å². The van der Waals surface area contributed by atoms with Gasteiger partial charge in [-0.05, 0) is 49.8 Å². The molecule has 0 amide bonds. The van der Waals surface area contributed by atoms with Crippen molar-refractivity contribution in [3.05, 3.63) is 71.8 Å². The van der Waals surface area contributed by atoms with Gasteiger partial charge in [0.05, 0.1) is 11.7 Å². The Hall–Kier alpha value is -1.68. The maximum atomic E-state index is 11.0. The Morgan fingerprint density at radius 2 is 1.58 bits per heavy atom. The molecular formula is C23H33NO2. The molecule has 0 saturated heterocycles. The molecule has 0 fully saturated rings. The van der Waals surface area contributed by atoms with Crippen molar-refractivity contribution < 1.29 is 10.2 Å². The van der Waals surface area contributed by atoms with Crippen LogP contribution in [0.15, 0.2) is 60.7 Å². The highest BCUT2D eigenvalue weighted by molar-refractivity contribution is 5.17. The van der Waals surface area contributed by atoms with Gasteiger partial charge in [0.1, 0.15) is 0 Å². The lowest BCUT2D eigenvalue weighted by atomic mass is 9.87. The number of hydrogen-bond acceptors (Lipinski definition) is 3. The van der Waals surface area contributed by atoms with E-state index in [1.54, 1.807) is 0 Å². The molecule has 142 valence electrons. The molecule has 3 N–H and O–H groups in total. The second-order valence-electron chi connectivity index (χ2n) is 7.21. The largest absolute Gasteiger partial charge is 0.390 e. The Morgan fingerprint density at radius 1 is 0.923 bits per heavy atom. The van der Waals surface area contributed by atoms with E-state index in [1.807, 2.05) is 48.5 Å². The molecular weight excluding hydrogens is 322 g/mol. The standard InChI is InChI=1S/C23H33NO2/c1-2-15-23(26,17-18-24-19-20-10-5-3-6-11-20)16-9-14-22(25)21-12-7-4-8-13-21/h3-8,10-13,22,24-26H,2,9,14-19H2,1H3. The van der Waals surface area contributed by atoms with Crippen molar-refractivity contribution in [2.45, 2.75) is 63.7 Å². The van der Waals surface area contributed by atoms with Gasteiger partial charge in [0, 0.05) is 6.54 Å². The predicted octanol–water partition coefficient (Wildman–Crippen LogP) is 4.60. The third kappa shape index (κ3) is 7.28. The second kappa shape index (κ2) is 11.1. The van der Waals surface area contributed by atoms with Crippen molar-refractivity contribution >= 4 is 0 Å². The molecule has 3 nitrogen and oxygen atoms in total. The van der Waals surface area contributed by atoms with Crippen LogP contribution in [0.4, 0.5) is 0 Å². The van der Waals surface area contributed by atoms with E-state index in [9.17, 15) is 10.2 Å². The number of hydrogen-bond donors (Lipinski definition) is 3. The molecule has 0 bridgehead atoms. The van der Waals surface area contributed by atoms with Gasteiger partial charge in [0.15, 0.2) is 0 Å². The molecule has 0 spiro atoms. The van der Waals surface area contributed by atoms with E-state index in [2.05, 4.69) is 24.4 Å². The smallest absolute Gasteiger partial charge is 0.0790 e. The van der Waals surface area contributed by atoms with E-state index in [1.165, 1.54) is 5.56 Å². The van der Waals surface area contributed by atoms with Crippen molar-refractivity contribution in [3.63, 3.8) is 0 Å². The summed E-state index contributed by atoms with van der Waals surface area (Å²) in [5, 5.41) is 24.7. The fourth-order valence-electron chi connectivity index (χ4n) is 3.46.